The Morgan fingerprint density at radius 3 is 2.75 bits per heavy atom. The number of rotatable bonds is 1. The molecule has 3 aliphatic heterocycles. The van der Waals surface area contributed by atoms with Crippen LogP contribution in [0.15, 0.2) is 59.7 Å². The first-order chi connectivity index (χ1) is 11.8. The van der Waals surface area contributed by atoms with Gasteiger partial charge in [0.25, 0.3) is 0 Å². The Kier molecular flexibility index (Phi) is 2.91. The molecule has 2 atom stereocenters. The molecule has 0 aliphatic carbocycles. The quantitative estimate of drug-likeness (QED) is 0.869. The SMILES string of the molecule is O=C1CS[C@]2(N1)Oc1ccccc1[C@H]1CC(c3ccccc3)=NN12. The highest BCUT2D eigenvalue weighted by molar-refractivity contribution is 8.01. The van der Waals surface area contributed by atoms with E-state index in [1.54, 1.807) is 0 Å². The average molecular weight is 337 g/mol. The number of thioether (sulfide) groups is 1. The second kappa shape index (κ2) is 5.01. The molecular formula is C18H15N3O2S. The van der Waals surface area contributed by atoms with Crippen LogP contribution in [0.2, 0.25) is 0 Å². The molecular weight excluding hydrogens is 322 g/mol. The van der Waals surface area contributed by atoms with Crippen LogP contribution in [0.25, 0.3) is 0 Å². The topological polar surface area (TPSA) is 53.9 Å². The first kappa shape index (κ1) is 13.9. The van der Waals surface area contributed by atoms with Gasteiger partial charge in [-0.05, 0) is 11.6 Å². The van der Waals surface area contributed by atoms with Gasteiger partial charge in [-0.1, -0.05) is 60.3 Å². The first-order valence-corrected chi connectivity index (χ1v) is 8.89. The molecule has 1 spiro atoms. The van der Waals surface area contributed by atoms with E-state index in [4.69, 9.17) is 9.84 Å². The number of carbonyl (C=O) groups is 1. The summed E-state index contributed by atoms with van der Waals surface area (Å²) in [7, 11) is 0. The fourth-order valence-corrected chi connectivity index (χ4v) is 4.50. The zero-order valence-electron chi connectivity index (χ0n) is 12.8. The largest absolute Gasteiger partial charge is 0.440 e. The summed E-state index contributed by atoms with van der Waals surface area (Å²) < 4.78 is 6.20. The van der Waals surface area contributed by atoms with Gasteiger partial charge in [0.15, 0.2) is 0 Å². The standard InChI is InChI=1S/C18H15N3O2S/c22-17-11-24-18(19-17)21-15(13-8-4-5-9-16(13)23-18)10-14(20-21)12-6-2-1-3-7-12/h1-9,15H,10-11H2,(H,19,22)/t15-,18+/m1/s1. The minimum Gasteiger partial charge on any atom is -0.440 e. The molecule has 24 heavy (non-hydrogen) atoms. The summed E-state index contributed by atoms with van der Waals surface area (Å²) in [6.07, 6.45) is 0.794. The van der Waals surface area contributed by atoms with Gasteiger partial charge in [-0.25, -0.2) is 5.01 Å². The van der Waals surface area contributed by atoms with Gasteiger partial charge in [-0.15, -0.1) is 0 Å². The number of hydrogen-bond acceptors (Lipinski definition) is 5. The molecule has 6 heteroatoms. The van der Waals surface area contributed by atoms with E-state index in [1.807, 2.05) is 41.4 Å². The molecule has 0 saturated carbocycles. The molecule has 120 valence electrons. The summed E-state index contributed by atoms with van der Waals surface area (Å²) in [5.41, 5.74) is 3.23. The second-order valence-corrected chi connectivity index (χ2v) is 7.17. The lowest BCUT2D eigenvalue weighted by Crippen LogP contribution is -2.58. The lowest BCUT2D eigenvalue weighted by atomic mass is 9.97. The molecule has 2 aromatic carbocycles. The van der Waals surface area contributed by atoms with Crippen LogP contribution >= 0.6 is 11.8 Å². The zero-order chi connectivity index (χ0) is 16.1. The predicted octanol–water partition coefficient (Wildman–Crippen LogP) is 2.70. The number of nitrogens with zero attached hydrogens (tertiary/aromatic N) is 2. The lowest BCUT2D eigenvalue weighted by Gasteiger charge is -2.43. The maximum atomic E-state index is 11.9. The third kappa shape index (κ3) is 1.96. The molecule has 0 aromatic heterocycles. The Morgan fingerprint density at radius 1 is 1.17 bits per heavy atom. The van der Waals surface area contributed by atoms with Crippen molar-refractivity contribution in [2.24, 2.45) is 5.10 Å². The highest BCUT2D eigenvalue weighted by atomic mass is 32.2. The van der Waals surface area contributed by atoms with E-state index < -0.39 is 5.18 Å². The molecule has 1 amide bonds. The Bertz CT molecular complexity index is 854. The van der Waals surface area contributed by atoms with Crippen molar-refractivity contribution in [3.05, 3.63) is 65.7 Å². The van der Waals surface area contributed by atoms with Crippen molar-refractivity contribution in [1.82, 2.24) is 10.3 Å². The van der Waals surface area contributed by atoms with Crippen molar-refractivity contribution >= 4 is 23.4 Å². The number of nitrogens with one attached hydrogen (secondary N) is 1. The number of para-hydroxylation sites is 1. The van der Waals surface area contributed by atoms with Crippen LogP contribution in [-0.2, 0) is 4.79 Å². The van der Waals surface area contributed by atoms with Gasteiger partial charge in [-0.2, -0.15) is 5.10 Å². The number of fused-ring (bicyclic) bond motifs is 4. The van der Waals surface area contributed by atoms with Gasteiger partial charge in [0.05, 0.1) is 17.5 Å². The Hall–Kier alpha value is -2.47. The molecule has 3 aliphatic rings. The summed E-state index contributed by atoms with van der Waals surface area (Å²) >= 11 is 1.45. The number of amides is 1. The molecule has 5 rings (SSSR count). The van der Waals surface area contributed by atoms with E-state index in [0.717, 1.165) is 29.0 Å². The molecule has 5 nitrogen and oxygen atoms in total. The van der Waals surface area contributed by atoms with Crippen molar-refractivity contribution in [2.45, 2.75) is 17.6 Å². The maximum Gasteiger partial charge on any atom is 0.332 e. The fraction of sp³-hybridized carbons (Fsp3) is 0.222. The Labute approximate surface area is 143 Å². The molecule has 3 heterocycles. The summed E-state index contributed by atoms with van der Waals surface area (Å²) in [6.45, 7) is 0. The highest BCUT2D eigenvalue weighted by Gasteiger charge is 2.55. The number of ether oxygens (including phenoxy) is 1. The third-order valence-corrected chi connectivity index (χ3v) is 5.71. The summed E-state index contributed by atoms with van der Waals surface area (Å²) in [6, 6.07) is 18.2. The first-order valence-electron chi connectivity index (χ1n) is 7.90. The van der Waals surface area contributed by atoms with Crippen LogP contribution in [-0.4, -0.2) is 27.6 Å². The molecule has 1 N–H and O–H groups in total. The molecule has 2 aromatic rings. The highest BCUT2D eigenvalue weighted by Crippen LogP contribution is 2.50. The van der Waals surface area contributed by atoms with Crippen molar-refractivity contribution in [2.75, 3.05) is 5.75 Å². The lowest BCUT2D eigenvalue weighted by molar-refractivity contribution is -0.128. The van der Waals surface area contributed by atoms with E-state index in [1.165, 1.54) is 11.8 Å². The molecule has 0 unspecified atom stereocenters. The van der Waals surface area contributed by atoms with Crippen molar-refractivity contribution in [1.29, 1.82) is 0 Å². The third-order valence-electron chi connectivity index (χ3n) is 4.54. The summed E-state index contributed by atoms with van der Waals surface area (Å²) in [4.78, 5) is 11.9. The van der Waals surface area contributed by atoms with E-state index in [9.17, 15) is 4.79 Å². The van der Waals surface area contributed by atoms with E-state index in [2.05, 4.69) is 23.5 Å². The van der Waals surface area contributed by atoms with Crippen LogP contribution in [0.3, 0.4) is 0 Å². The minimum absolute atomic E-state index is 0.0264. The average Bonchev–Trinajstić information content (AvgIpc) is 3.22. The molecule has 1 fully saturated rings. The zero-order valence-corrected chi connectivity index (χ0v) is 13.6. The van der Waals surface area contributed by atoms with Crippen LogP contribution < -0.4 is 10.1 Å². The second-order valence-electron chi connectivity index (χ2n) is 6.04. The molecule has 0 radical (unpaired) electrons. The molecule has 1 saturated heterocycles. The van der Waals surface area contributed by atoms with Gasteiger partial charge in [-0.3, -0.25) is 10.1 Å². The normalized spacial score (nSPS) is 27.3. The number of carbonyl (C=O) groups excluding carboxylic acids is 1. The van der Waals surface area contributed by atoms with E-state index in [0.29, 0.717) is 5.75 Å². The van der Waals surface area contributed by atoms with Gasteiger partial charge in [0.2, 0.25) is 5.91 Å². The predicted molar refractivity (Wildman–Crippen MR) is 92.6 cm³/mol. The van der Waals surface area contributed by atoms with Crippen molar-refractivity contribution in [3.63, 3.8) is 0 Å². The van der Waals surface area contributed by atoms with E-state index in [-0.39, 0.29) is 11.9 Å². The van der Waals surface area contributed by atoms with Gasteiger partial charge in [0.1, 0.15) is 5.75 Å². The maximum absolute atomic E-state index is 11.9. The number of benzene rings is 2. The van der Waals surface area contributed by atoms with Crippen LogP contribution in [0.1, 0.15) is 23.6 Å². The van der Waals surface area contributed by atoms with Crippen molar-refractivity contribution in [3.8, 4) is 5.75 Å². The van der Waals surface area contributed by atoms with Gasteiger partial charge < -0.3 is 4.74 Å². The summed E-state index contributed by atoms with van der Waals surface area (Å²) in [5.74, 6) is 1.17. The fourth-order valence-electron chi connectivity index (χ4n) is 3.46. The van der Waals surface area contributed by atoms with Crippen molar-refractivity contribution < 1.29 is 9.53 Å². The van der Waals surface area contributed by atoms with Crippen LogP contribution in [0.5, 0.6) is 5.75 Å². The molecule has 0 bridgehead atoms. The van der Waals surface area contributed by atoms with Gasteiger partial charge in [0, 0.05) is 12.0 Å². The number of hydrazone groups is 1. The van der Waals surface area contributed by atoms with Gasteiger partial charge >= 0.3 is 5.18 Å². The Balaban J connectivity index is 1.62. The van der Waals surface area contributed by atoms with Crippen LogP contribution in [0, 0.1) is 0 Å². The number of hydrogen-bond donors (Lipinski definition) is 1. The smallest absolute Gasteiger partial charge is 0.332 e. The summed E-state index contributed by atoms with van der Waals surface area (Å²) in [5, 5.41) is 8.80. The van der Waals surface area contributed by atoms with Crippen LogP contribution in [0.4, 0.5) is 0 Å². The Morgan fingerprint density at radius 2 is 1.96 bits per heavy atom. The minimum atomic E-state index is -0.938. The monoisotopic (exact) mass is 337 g/mol. The van der Waals surface area contributed by atoms with E-state index >= 15 is 0 Å².